The van der Waals surface area contributed by atoms with Crippen molar-refractivity contribution in [3.05, 3.63) is 48.0 Å². The smallest absolute Gasteiger partial charge is 0.414 e. The summed E-state index contributed by atoms with van der Waals surface area (Å²) in [5.74, 6) is -2.18. The highest BCUT2D eigenvalue weighted by atomic mass is 16.7. The van der Waals surface area contributed by atoms with Gasteiger partial charge in [-0.1, -0.05) is 6.07 Å². The van der Waals surface area contributed by atoms with Crippen LogP contribution in [0, 0.1) is 0 Å². The number of anilines is 2. The van der Waals surface area contributed by atoms with E-state index >= 15 is 0 Å². The highest BCUT2D eigenvalue weighted by Gasteiger charge is 2.14. The molecule has 0 spiro atoms. The summed E-state index contributed by atoms with van der Waals surface area (Å²) < 4.78 is 10.7. The fraction of sp³-hybridized carbons (Fsp3) is 0.318. The minimum Gasteiger partial charge on any atom is -0.473 e. The Bertz CT molecular complexity index is 944. The molecule has 2 aromatic carbocycles. The first-order chi connectivity index (χ1) is 15.4. The molecule has 10 nitrogen and oxygen atoms in total. The number of nitrogens with zero attached hydrogens (tertiary/aromatic N) is 1. The van der Waals surface area contributed by atoms with Gasteiger partial charge in [0.15, 0.2) is 11.5 Å². The molecule has 32 heavy (non-hydrogen) atoms. The van der Waals surface area contributed by atoms with E-state index in [1.165, 1.54) is 18.5 Å². The van der Waals surface area contributed by atoms with E-state index in [4.69, 9.17) is 29.3 Å². The van der Waals surface area contributed by atoms with Gasteiger partial charge < -0.3 is 35.2 Å². The Morgan fingerprint density at radius 1 is 0.906 bits per heavy atom. The lowest BCUT2D eigenvalue weighted by Crippen LogP contribution is -2.27. The van der Waals surface area contributed by atoms with E-state index in [0.29, 0.717) is 6.54 Å². The minimum atomic E-state index is -1.82. The minimum absolute atomic E-state index is 0.0559. The summed E-state index contributed by atoms with van der Waals surface area (Å²) in [5, 5.41) is 20.9. The fourth-order valence-corrected chi connectivity index (χ4v) is 3.31. The zero-order valence-electron chi connectivity index (χ0n) is 17.4. The summed E-state index contributed by atoms with van der Waals surface area (Å²) in [4.78, 5) is 32.7. The maximum atomic E-state index is 12.1. The van der Waals surface area contributed by atoms with Crippen LogP contribution in [-0.4, -0.2) is 54.5 Å². The molecule has 2 aliphatic rings. The van der Waals surface area contributed by atoms with E-state index in [2.05, 4.69) is 27.7 Å². The molecule has 0 radical (unpaired) electrons. The Kier molecular flexibility index (Phi) is 7.87. The average molecular weight is 443 g/mol. The highest BCUT2D eigenvalue weighted by Crippen LogP contribution is 2.32. The number of benzene rings is 2. The van der Waals surface area contributed by atoms with Gasteiger partial charge in [0.05, 0.1) is 6.54 Å². The number of hydrogen-bond donors (Lipinski definition) is 4. The van der Waals surface area contributed by atoms with Crippen molar-refractivity contribution in [3.8, 4) is 11.5 Å². The van der Waals surface area contributed by atoms with Crippen molar-refractivity contribution in [1.82, 2.24) is 5.32 Å². The normalized spacial score (nSPS) is 13.8. The van der Waals surface area contributed by atoms with Crippen LogP contribution in [0.5, 0.6) is 11.5 Å². The summed E-state index contributed by atoms with van der Waals surface area (Å²) in [5.41, 5.74) is 3.10. The molecule has 10 heteroatoms. The van der Waals surface area contributed by atoms with Gasteiger partial charge in [-0.15, -0.1) is 0 Å². The number of carboxylic acids is 2. The third-order valence-electron chi connectivity index (χ3n) is 4.86. The molecule has 2 aromatic rings. The molecule has 1 amide bonds. The van der Waals surface area contributed by atoms with E-state index in [-0.39, 0.29) is 19.2 Å². The molecule has 2 aliphatic heterocycles. The van der Waals surface area contributed by atoms with Crippen LogP contribution < -0.4 is 25.0 Å². The van der Waals surface area contributed by atoms with Crippen molar-refractivity contribution in [3.63, 3.8) is 0 Å². The zero-order chi connectivity index (χ0) is 22.9. The summed E-state index contributed by atoms with van der Waals surface area (Å²) in [6.45, 7) is 3.36. The van der Waals surface area contributed by atoms with Crippen LogP contribution in [0.25, 0.3) is 0 Å². The van der Waals surface area contributed by atoms with Crippen LogP contribution in [-0.2, 0) is 20.9 Å². The first-order valence-electron chi connectivity index (χ1n) is 10.1. The lowest BCUT2D eigenvalue weighted by molar-refractivity contribution is -0.159. The van der Waals surface area contributed by atoms with E-state index < -0.39 is 11.9 Å². The van der Waals surface area contributed by atoms with E-state index in [0.717, 1.165) is 35.8 Å². The standard InChI is InChI=1S/C20H23N3O3.C2H2O4/c24-20(13-21-12-15-3-8-18-19(11-15)26-14-25-18)22-16-4-6-17(7-5-16)23-9-1-2-10-23;3-1(4)2(5)6/h3-8,11,21H,1-2,9-10,12-14H2,(H,22,24);(H,3,4)(H,5,6). The van der Waals surface area contributed by atoms with Gasteiger partial charge in [0.25, 0.3) is 0 Å². The summed E-state index contributed by atoms with van der Waals surface area (Å²) in [6.07, 6.45) is 2.51. The van der Waals surface area contributed by atoms with E-state index in [9.17, 15) is 4.79 Å². The molecule has 0 aromatic heterocycles. The number of carbonyl (C=O) groups excluding carboxylic acids is 1. The monoisotopic (exact) mass is 443 g/mol. The van der Waals surface area contributed by atoms with Crippen LogP contribution >= 0.6 is 0 Å². The molecular weight excluding hydrogens is 418 g/mol. The van der Waals surface area contributed by atoms with Gasteiger partial charge in [-0.05, 0) is 54.8 Å². The Morgan fingerprint density at radius 2 is 1.56 bits per heavy atom. The maximum absolute atomic E-state index is 12.1. The summed E-state index contributed by atoms with van der Waals surface area (Å²) in [7, 11) is 0. The van der Waals surface area contributed by atoms with Crippen molar-refractivity contribution < 1.29 is 34.1 Å². The topological polar surface area (TPSA) is 137 Å². The molecular formula is C22H25N3O7. The summed E-state index contributed by atoms with van der Waals surface area (Å²) >= 11 is 0. The molecule has 0 aliphatic carbocycles. The van der Waals surface area contributed by atoms with Gasteiger partial charge in [0, 0.05) is 31.0 Å². The van der Waals surface area contributed by atoms with Crippen molar-refractivity contribution in [2.24, 2.45) is 0 Å². The van der Waals surface area contributed by atoms with Crippen LogP contribution in [0.1, 0.15) is 18.4 Å². The second-order valence-electron chi connectivity index (χ2n) is 7.19. The predicted octanol–water partition coefficient (Wildman–Crippen LogP) is 1.90. The van der Waals surface area contributed by atoms with Crippen molar-refractivity contribution in [2.75, 3.05) is 36.6 Å². The molecule has 1 fully saturated rings. The number of carboxylic acid groups (broad SMARTS) is 2. The molecule has 0 unspecified atom stereocenters. The Hall–Kier alpha value is -3.79. The third-order valence-corrected chi connectivity index (χ3v) is 4.86. The Morgan fingerprint density at radius 3 is 2.22 bits per heavy atom. The van der Waals surface area contributed by atoms with Gasteiger partial charge in [-0.3, -0.25) is 4.79 Å². The fourth-order valence-electron chi connectivity index (χ4n) is 3.31. The quantitative estimate of drug-likeness (QED) is 0.493. The van der Waals surface area contributed by atoms with Gasteiger partial charge in [-0.25, -0.2) is 9.59 Å². The number of carbonyl (C=O) groups is 3. The number of hydrogen-bond acceptors (Lipinski definition) is 7. The molecule has 170 valence electrons. The predicted molar refractivity (Wildman–Crippen MR) is 116 cm³/mol. The number of nitrogens with one attached hydrogen (secondary N) is 2. The van der Waals surface area contributed by atoms with Crippen LogP contribution in [0.4, 0.5) is 11.4 Å². The van der Waals surface area contributed by atoms with Gasteiger partial charge >= 0.3 is 11.9 Å². The first kappa shape index (κ1) is 22.9. The molecule has 0 saturated carbocycles. The van der Waals surface area contributed by atoms with Gasteiger partial charge in [0.2, 0.25) is 12.7 Å². The lowest BCUT2D eigenvalue weighted by Gasteiger charge is -2.17. The highest BCUT2D eigenvalue weighted by molar-refractivity contribution is 6.27. The Balaban J connectivity index is 0.000000427. The van der Waals surface area contributed by atoms with Crippen LogP contribution in [0.3, 0.4) is 0 Å². The van der Waals surface area contributed by atoms with Crippen LogP contribution in [0.2, 0.25) is 0 Å². The number of rotatable bonds is 6. The summed E-state index contributed by atoms with van der Waals surface area (Å²) in [6, 6.07) is 13.9. The molecule has 0 bridgehead atoms. The molecule has 4 N–H and O–H groups in total. The lowest BCUT2D eigenvalue weighted by atomic mass is 10.2. The number of amides is 1. The third kappa shape index (κ3) is 6.61. The Labute approximate surface area is 184 Å². The molecule has 2 heterocycles. The largest absolute Gasteiger partial charge is 0.473 e. The zero-order valence-corrected chi connectivity index (χ0v) is 17.4. The van der Waals surface area contributed by atoms with Crippen molar-refractivity contribution >= 4 is 29.2 Å². The average Bonchev–Trinajstić information content (AvgIpc) is 3.46. The van der Waals surface area contributed by atoms with Crippen molar-refractivity contribution in [2.45, 2.75) is 19.4 Å². The van der Waals surface area contributed by atoms with E-state index in [1.54, 1.807) is 0 Å². The van der Waals surface area contributed by atoms with Gasteiger partial charge in [-0.2, -0.15) is 0 Å². The number of ether oxygens (including phenoxy) is 2. The van der Waals surface area contributed by atoms with E-state index in [1.807, 2.05) is 30.3 Å². The number of fused-ring (bicyclic) bond motifs is 1. The molecule has 1 saturated heterocycles. The van der Waals surface area contributed by atoms with Gasteiger partial charge in [0.1, 0.15) is 0 Å². The second-order valence-corrected chi connectivity index (χ2v) is 7.19. The number of aliphatic carboxylic acids is 2. The van der Waals surface area contributed by atoms with Crippen LogP contribution in [0.15, 0.2) is 42.5 Å². The van der Waals surface area contributed by atoms with Crippen molar-refractivity contribution in [1.29, 1.82) is 0 Å². The SMILES string of the molecule is O=C(CNCc1ccc2c(c1)OCO2)Nc1ccc(N2CCCC2)cc1.O=C(O)C(=O)O. The maximum Gasteiger partial charge on any atom is 0.414 e. The molecule has 4 rings (SSSR count). The second kappa shape index (κ2) is 11.0. The first-order valence-corrected chi connectivity index (χ1v) is 10.1. The molecule has 0 atom stereocenters.